The molecule has 0 spiro atoms. The number of carbonyl (C=O) groups excluding carboxylic acids is 1. The number of nitriles is 1. The highest BCUT2D eigenvalue weighted by Gasteiger charge is 2.15. The molecular formula is C23H20FN3O. The standard InChI is InChI=1S/C23H20FN3O/c1-15-8-4-6-10-21(15)26-23(28)19(14-25)13-18-12-16(2)27(17(18)3)22-11-7-5-9-20(22)24/h4-13H,1-3H3,(H,26,28)/b19-13-. The summed E-state index contributed by atoms with van der Waals surface area (Å²) in [5.41, 5.74) is 4.23. The van der Waals surface area contributed by atoms with E-state index in [1.54, 1.807) is 28.8 Å². The molecule has 0 saturated carbocycles. The Morgan fingerprint density at radius 2 is 1.79 bits per heavy atom. The summed E-state index contributed by atoms with van der Waals surface area (Å²) in [5.74, 6) is -0.815. The maximum atomic E-state index is 14.2. The number of nitrogens with zero attached hydrogens (tertiary/aromatic N) is 2. The van der Waals surface area contributed by atoms with E-state index in [1.807, 2.05) is 51.1 Å². The Morgan fingerprint density at radius 1 is 1.11 bits per heavy atom. The van der Waals surface area contributed by atoms with Gasteiger partial charge in [0.25, 0.3) is 5.91 Å². The minimum Gasteiger partial charge on any atom is -0.321 e. The molecule has 0 aliphatic carbocycles. The number of carbonyl (C=O) groups is 1. The third-order valence-corrected chi connectivity index (χ3v) is 4.62. The van der Waals surface area contributed by atoms with E-state index in [9.17, 15) is 14.4 Å². The monoisotopic (exact) mass is 373 g/mol. The Kier molecular flexibility index (Phi) is 5.42. The number of aryl methyl sites for hydroxylation is 2. The van der Waals surface area contributed by atoms with E-state index in [0.29, 0.717) is 16.9 Å². The highest BCUT2D eigenvalue weighted by Crippen LogP contribution is 2.25. The van der Waals surface area contributed by atoms with Crippen LogP contribution in [0.4, 0.5) is 10.1 Å². The molecule has 3 aromatic rings. The maximum Gasteiger partial charge on any atom is 0.266 e. The summed E-state index contributed by atoms with van der Waals surface area (Å²) in [5, 5.41) is 12.3. The maximum absolute atomic E-state index is 14.2. The molecule has 0 fully saturated rings. The van der Waals surface area contributed by atoms with Crippen LogP contribution in [0.25, 0.3) is 11.8 Å². The number of rotatable bonds is 4. The average Bonchev–Trinajstić information content (AvgIpc) is 2.95. The van der Waals surface area contributed by atoms with Crippen molar-refractivity contribution in [1.29, 1.82) is 5.26 Å². The molecule has 0 bridgehead atoms. The molecule has 4 nitrogen and oxygen atoms in total. The minimum atomic E-state index is -0.479. The Morgan fingerprint density at radius 3 is 2.46 bits per heavy atom. The first-order valence-electron chi connectivity index (χ1n) is 8.85. The van der Waals surface area contributed by atoms with Gasteiger partial charge < -0.3 is 9.88 Å². The van der Waals surface area contributed by atoms with Gasteiger partial charge in [0.05, 0.1) is 5.69 Å². The van der Waals surface area contributed by atoms with Crippen LogP contribution in [0.1, 0.15) is 22.5 Å². The Balaban J connectivity index is 1.97. The lowest BCUT2D eigenvalue weighted by Gasteiger charge is -2.10. The van der Waals surface area contributed by atoms with Gasteiger partial charge in [-0.05, 0) is 62.2 Å². The molecule has 0 aliphatic heterocycles. The molecule has 5 heteroatoms. The van der Waals surface area contributed by atoms with Crippen LogP contribution < -0.4 is 5.32 Å². The fraction of sp³-hybridized carbons (Fsp3) is 0.130. The number of hydrogen-bond acceptors (Lipinski definition) is 2. The lowest BCUT2D eigenvalue weighted by atomic mass is 10.1. The molecule has 140 valence electrons. The van der Waals surface area contributed by atoms with Gasteiger partial charge in [-0.15, -0.1) is 0 Å². The highest BCUT2D eigenvalue weighted by molar-refractivity contribution is 6.10. The van der Waals surface area contributed by atoms with Crippen LogP contribution in [0, 0.1) is 37.9 Å². The molecule has 1 N–H and O–H groups in total. The van der Waals surface area contributed by atoms with Crippen LogP contribution in [0.2, 0.25) is 0 Å². The van der Waals surface area contributed by atoms with Gasteiger partial charge in [0.2, 0.25) is 0 Å². The second-order valence-electron chi connectivity index (χ2n) is 6.55. The van der Waals surface area contributed by atoms with Gasteiger partial charge in [0.1, 0.15) is 17.5 Å². The van der Waals surface area contributed by atoms with E-state index in [-0.39, 0.29) is 11.4 Å². The predicted molar refractivity (Wildman–Crippen MR) is 109 cm³/mol. The zero-order valence-corrected chi connectivity index (χ0v) is 16.0. The van der Waals surface area contributed by atoms with Crippen molar-refractivity contribution in [3.63, 3.8) is 0 Å². The summed E-state index contributed by atoms with van der Waals surface area (Å²) >= 11 is 0. The van der Waals surface area contributed by atoms with Crippen LogP contribution in [0.15, 0.2) is 60.2 Å². The third-order valence-electron chi connectivity index (χ3n) is 4.62. The average molecular weight is 373 g/mol. The third kappa shape index (κ3) is 3.72. The molecule has 28 heavy (non-hydrogen) atoms. The van der Waals surface area contributed by atoms with Gasteiger partial charge in [0.15, 0.2) is 0 Å². The minimum absolute atomic E-state index is 0.0166. The fourth-order valence-electron chi connectivity index (χ4n) is 3.14. The lowest BCUT2D eigenvalue weighted by molar-refractivity contribution is -0.112. The van der Waals surface area contributed by atoms with E-state index >= 15 is 0 Å². The van der Waals surface area contributed by atoms with Crippen LogP contribution >= 0.6 is 0 Å². The fourth-order valence-corrected chi connectivity index (χ4v) is 3.14. The zero-order chi connectivity index (χ0) is 20.3. The number of para-hydroxylation sites is 2. The van der Waals surface area contributed by atoms with Crippen molar-refractivity contribution in [2.24, 2.45) is 0 Å². The molecule has 3 rings (SSSR count). The summed E-state index contributed by atoms with van der Waals surface area (Å²) in [6.45, 7) is 5.57. The first-order valence-corrected chi connectivity index (χ1v) is 8.85. The molecule has 0 unspecified atom stereocenters. The second kappa shape index (κ2) is 7.93. The van der Waals surface area contributed by atoms with E-state index in [2.05, 4.69) is 5.32 Å². The number of amides is 1. The summed E-state index contributed by atoms with van der Waals surface area (Å²) in [6.07, 6.45) is 1.54. The van der Waals surface area contributed by atoms with Crippen molar-refractivity contribution in [3.05, 3.63) is 88.5 Å². The number of aromatic nitrogens is 1. The number of nitrogens with one attached hydrogen (secondary N) is 1. The first kappa shape index (κ1) is 19.1. The predicted octanol–water partition coefficient (Wildman–Crippen LogP) is 5.09. The molecule has 0 radical (unpaired) electrons. The molecule has 0 aliphatic rings. The van der Waals surface area contributed by atoms with E-state index in [0.717, 1.165) is 17.0 Å². The van der Waals surface area contributed by atoms with Crippen molar-refractivity contribution in [2.45, 2.75) is 20.8 Å². The van der Waals surface area contributed by atoms with E-state index in [4.69, 9.17) is 0 Å². The van der Waals surface area contributed by atoms with Gasteiger partial charge in [-0.1, -0.05) is 30.3 Å². The van der Waals surface area contributed by atoms with Crippen molar-refractivity contribution in [2.75, 3.05) is 5.32 Å². The Bertz CT molecular complexity index is 1120. The van der Waals surface area contributed by atoms with Crippen LogP contribution in [0.3, 0.4) is 0 Å². The molecular weight excluding hydrogens is 353 g/mol. The van der Waals surface area contributed by atoms with Crippen molar-refractivity contribution < 1.29 is 9.18 Å². The summed E-state index contributed by atoms with van der Waals surface area (Å²) in [4.78, 5) is 12.6. The molecule has 2 aromatic carbocycles. The Labute approximate surface area is 163 Å². The summed E-state index contributed by atoms with van der Waals surface area (Å²) in [6, 6.07) is 17.7. The molecule has 1 heterocycles. The van der Waals surface area contributed by atoms with Gasteiger partial charge in [-0.2, -0.15) is 5.26 Å². The van der Waals surface area contributed by atoms with Gasteiger partial charge in [-0.3, -0.25) is 4.79 Å². The normalized spacial score (nSPS) is 11.2. The number of benzene rings is 2. The highest BCUT2D eigenvalue weighted by atomic mass is 19.1. The van der Waals surface area contributed by atoms with Gasteiger partial charge in [0, 0.05) is 17.1 Å². The smallest absolute Gasteiger partial charge is 0.266 e. The number of hydrogen-bond donors (Lipinski definition) is 1. The molecule has 0 saturated heterocycles. The van der Waals surface area contributed by atoms with E-state index in [1.165, 1.54) is 12.1 Å². The van der Waals surface area contributed by atoms with Crippen molar-refractivity contribution in [1.82, 2.24) is 4.57 Å². The van der Waals surface area contributed by atoms with E-state index < -0.39 is 5.91 Å². The largest absolute Gasteiger partial charge is 0.321 e. The number of anilines is 1. The second-order valence-corrected chi connectivity index (χ2v) is 6.55. The van der Waals surface area contributed by atoms with Crippen LogP contribution in [-0.2, 0) is 4.79 Å². The van der Waals surface area contributed by atoms with Crippen molar-refractivity contribution in [3.8, 4) is 11.8 Å². The summed E-state index contributed by atoms with van der Waals surface area (Å²) in [7, 11) is 0. The lowest BCUT2D eigenvalue weighted by Crippen LogP contribution is -2.14. The molecule has 1 aromatic heterocycles. The SMILES string of the molecule is Cc1ccccc1NC(=O)/C(C#N)=C\c1cc(C)n(-c2ccccc2F)c1C. The topological polar surface area (TPSA) is 57.8 Å². The van der Waals surface area contributed by atoms with Crippen LogP contribution in [-0.4, -0.2) is 10.5 Å². The van der Waals surface area contributed by atoms with Gasteiger partial charge >= 0.3 is 0 Å². The molecule has 1 amide bonds. The molecule has 0 atom stereocenters. The van der Waals surface area contributed by atoms with Gasteiger partial charge in [-0.25, -0.2) is 4.39 Å². The van der Waals surface area contributed by atoms with Crippen molar-refractivity contribution >= 4 is 17.7 Å². The van der Waals surface area contributed by atoms with Crippen LogP contribution in [0.5, 0.6) is 0 Å². The quantitative estimate of drug-likeness (QED) is 0.512. The number of halogens is 1. The summed E-state index contributed by atoms with van der Waals surface area (Å²) < 4.78 is 16.0. The first-order chi connectivity index (χ1) is 13.4. The zero-order valence-electron chi connectivity index (χ0n) is 16.0. The Hall–Kier alpha value is -3.65.